The molecule has 2 aromatic rings. The van der Waals surface area contributed by atoms with E-state index < -0.39 is 5.97 Å². The lowest BCUT2D eigenvalue weighted by atomic mass is 10.1. The molecule has 7 heteroatoms. The van der Waals surface area contributed by atoms with Crippen LogP contribution in [0.1, 0.15) is 21.6 Å². The highest BCUT2D eigenvalue weighted by atomic mass is 35.5. The van der Waals surface area contributed by atoms with Crippen LogP contribution in [0.15, 0.2) is 18.2 Å². The van der Waals surface area contributed by atoms with Crippen molar-refractivity contribution >= 4 is 17.6 Å². The Kier molecular flexibility index (Phi) is 5.55. The zero-order chi connectivity index (χ0) is 18.8. The number of aromatic nitrogens is 1. The number of hydrogen-bond donors (Lipinski definition) is 1. The van der Waals surface area contributed by atoms with E-state index in [9.17, 15) is 9.90 Å². The molecule has 1 fully saturated rings. The smallest absolute Gasteiger partial charge is 0.337 e. The number of aromatic carboxylic acids is 1. The minimum atomic E-state index is -0.972. The quantitative estimate of drug-likeness (QED) is 0.860. The number of ether oxygens (including phenoxy) is 3. The highest BCUT2D eigenvalue weighted by Gasteiger charge is 2.24. The summed E-state index contributed by atoms with van der Waals surface area (Å²) in [5.41, 5.74) is 3.27. The minimum absolute atomic E-state index is 0.137. The molecule has 1 saturated heterocycles. The molecule has 0 aliphatic carbocycles. The van der Waals surface area contributed by atoms with Gasteiger partial charge in [-0.25, -0.2) is 4.79 Å². The summed E-state index contributed by atoms with van der Waals surface area (Å²) in [5, 5.41) is 10.2. The Morgan fingerprint density at radius 3 is 2.73 bits per heavy atom. The predicted molar refractivity (Wildman–Crippen MR) is 98.4 cm³/mol. The summed E-state index contributed by atoms with van der Waals surface area (Å²) in [6.45, 7) is 5.77. The second-order valence-corrected chi connectivity index (χ2v) is 6.72. The van der Waals surface area contributed by atoms with E-state index in [1.165, 1.54) is 0 Å². The fourth-order valence-corrected chi connectivity index (χ4v) is 3.35. The molecular weight excluding hydrogens is 358 g/mol. The van der Waals surface area contributed by atoms with Crippen molar-refractivity contribution in [3.05, 3.63) is 40.0 Å². The highest BCUT2D eigenvalue weighted by molar-refractivity contribution is 6.31. The Morgan fingerprint density at radius 2 is 2.12 bits per heavy atom. The first-order chi connectivity index (χ1) is 12.4. The Bertz CT molecular complexity index is 824. The molecule has 0 bridgehead atoms. The molecule has 6 nitrogen and oxygen atoms in total. The number of nitrogens with zero attached hydrogens (tertiary/aromatic N) is 1. The lowest BCUT2D eigenvalue weighted by Crippen LogP contribution is -2.32. The average molecular weight is 380 g/mol. The van der Waals surface area contributed by atoms with Gasteiger partial charge in [0.15, 0.2) is 0 Å². The van der Waals surface area contributed by atoms with Crippen molar-refractivity contribution in [2.24, 2.45) is 0 Å². The number of carboxylic acids is 1. The minimum Gasteiger partial charge on any atom is -0.496 e. The van der Waals surface area contributed by atoms with E-state index in [0.717, 1.165) is 16.8 Å². The van der Waals surface area contributed by atoms with Crippen molar-refractivity contribution in [3.8, 4) is 17.0 Å². The Labute approximate surface area is 157 Å². The third kappa shape index (κ3) is 3.58. The summed E-state index contributed by atoms with van der Waals surface area (Å²) < 4.78 is 18.7. The summed E-state index contributed by atoms with van der Waals surface area (Å²) in [6, 6.07) is 5.32. The van der Waals surface area contributed by atoms with Crippen molar-refractivity contribution < 1.29 is 24.1 Å². The molecule has 1 aliphatic heterocycles. The normalized spacial score (nSPS) is 17.3. The van der Waals surface area contributed by atoms with Crippen LogP contribution in [0.2, 0.25) is 5.02 Å². The number of carbonyl (C=O) groups is 1. The lowest BCUT2D eigenvalue weighted by molar-refractivity contribution is -0.0935. The number of rotatable bonds is 5. The first-order valence-electron chi connectivity index (χ1n) is 8.39. The molecule has 3 rings (SSSR count). The maximum atomic E-state index is 11.7. The van der Waals surface area contributed by atoms with E-state index in [-0.39, 0.29) is 11.7 Å². The summed E-state index contributed by atoms with van der Waals surface area (Å²) in [6.07, 6.45) is -0.137. The standard InChI is InChI=1S/C19H22ClNO5/c1-11-6-18(24-3)15(7-16(11)20)17-8-14(19(22)23)12(2)21(17)9-13-10-25-4-5-26-13/h6-8,13H,4-5,9-10H2,1-3H3,(H,22,23). The van der Waals surface area contributed by atoms with E-state index in [0.29, 0.717) is 42.8 Å². The zero-order valence-electron chi connectivity index (χ0n) is 15.0. The summed E-state index contributed by atoms with van der Waals surface area (Å²) >= 11 is 6.32. The highest BCUT2D eigenvalue weighted by Crippen LogP contribution is 2.37. The molecule has 0 amide bonds. The Balaban J connectivity index is 2.12. The second kappa shape index (κ2) is 7.70. The van der Waals surface area contributed by atoms with Gasteiger partial charge >= 0.3 is 5.97 Å². The number of carboxylic acid groups (broad SMARTS) is 1. The van der Waals surface area contributed by atoms with Crippen LogP contribution in [0, 0.1) is 13.8 Å². The third-order valence-corrected chi connectivity index (χ3v) is 5.03. The second-order valence-electron chi connectivity index (χ2n) is 6.31. The molecule has 1 aromatic heterocycles. The molecule has 2 heterocycles. The number of halogens is 1. The number of hydrogen-bond acceptors (Lipinski definition) is 4. The largest absolute Gasteiger partial charge is 0.496 e. The van der Waals surface area contributed by atoms with Crippen molar-refractivity contribution in [1.82, 2.24) is 4.57 Å². The van der Waals surface area contributed by atoms with Gasteiger partial charge in [-0.05, 0) is 37.6 Å². The van der Waals surface area contributed by atoms with Gasteiger partial charge in [0, 0.05) is 16.3 Å². The van der Waals surface area contributed by atoms with E-state index in [2.05, 4.69) is 0 Å². The molecule has 0 saturated carbocycles. The van der Waals surface area contributed by atoms with Gasteiger partial charge in [-0.2, -0.15) is 0 Å². The SMILES string of the molecule is COc1cc(C)c(Cl)cc1-c1cc(C(=O)O)c(C)n1CC1COCCO1. The van der Waals surface area contributed by atoms with Crippen molar-refractivity contribution in [2.45, 2.75) is 26.5 Å². The maximum absolute atomic E-state index is 11.7. The molecule has 1 aliphatic rings. The van der Waals surface area contributed by atoms with Crippen molar-refractivity contribution in [3.63, 3.8) is 0 Å². The Morgan fingerprint density at radius 1 is 1.35 bits per heavy atom. The van der Waals surface area contributed by atoms with E-state index >= 15 is 0 Å². The molecule has 1 unspecified atom stereocenters. The molecular formula is C19H22ClNO5. The van der Waals surface area contributed by atoms with Gasteiger partial charge < -0.3 is 23.9 Å². The van der Waals surface area contributed by atoms with Gasteiger partial charge in [0.2, 0.25) is 0 Å². The molecule has 0 radical (unpaired) electrons. The van der Waals surface area contributed by atoms with Crippen molar-refractivity contribution in [1.29, 1.82) is 0 Å². The summed E-state index contributed by atoms with van der Waals surface area (Å²) in [7, 11) is 1.59. The molecule has 1 aromatic carbocycles. The van der Waals surface area contributed by atoms with Crippen LogP contribution in [0.5, 0.6) is 5.75 Å². The van der Waals surface area contributed by atoms with Gasteiger partial charge in [-0.3, -0.25) is 0 Å². The zero-order valence-corrected chi connectivity index (χ0v) is 15.8. The fraction of sp³-hybridized carbons (Fsp3) is 0.421. The van der Waals surface area contributed by atoms with Crippen LogP contribution in [-0.4, -0.2) is 48.7 Å². The van der Waals surface area contributed by atoms with Crippen LogP contribution in [0.4, 0.5) is 0 Å². The molecule has 1 N–H and O–H groups in total. The van der Waals surface area contributed by atoms with Gasteiger partial charge in [0.25, 0.3) is 0 Å². The van der Waals surface area contributed by atoms with Crippen LogP contribution < -0.4 is 4.74 Å². The predicted octanol–water partition coefficient (Wildman–Crippen LogP) is 3.55. The van der Waals surface area contributed by atoms with E-state index in [1.54, 1.807) is 20.1 Å². The van der Waals surface area contributed by atoms with Gasteiger partial charge in [0.1, 0.15) is 5.75 Å². The van der Waals surface area contributed by atoms with Crippen LogP contribution >= 0.6 is 11.6 Å². The monoisotopic (exact) mass is 379 g/mol. The van der Waals surface area contributed by atoms with Gasteiger partial charge in [-0.15, -0.1) is 0 Å². The van der Waals surface area contributed by atoms with Crippen LogP contribution in [-0.2, 0) is 16.0 Å². The number of methoxy groups -OCH3 is 1. The molecule has 1 atom stereocenters. The van der Waals surface area contributed by atoms with Gasteiger partial charge in [-0.1, -0.05) is 11.6 Å². The van der Waals surface area contributed by atoms with Crippen molar-refractivity contribution in [2.75, 3.05) is 26.9 Å². The first-order valence-corrected chi connectivity index (χ1v) is 8.77. The summed E-state index contributed by atoms with van der Waals surface area (Å²) in [5.74, 6) is -0.330. The number of benzene rings is 1. The summed E-state index contributed by atoms with van der Waals surface area (Å²) in [4.78, 5) is 11.7. The first kappa shape index (κ1) is 18.8. The molecule has 0 spiro atoms. The van der Waals surface area contributed by atoms with E-state index in [4.69, 9.17) is 25.8 Å². The fourth-order valence-electron chi connectivity index (χ4n) is 3.19. The Hall–Kier alpha value is -2.02. The maximum Gasteiger partial charge on any atom is 0.337 e. The van der Waals surface area contributed by atoms with Gasteiger partial charge in [0.05, 0.1) is 50.8 Å². The average Bonchev–Trinajstić information content (AvgIpc) is 2.94. The number of aryl methyl sites for hydroxylation is 1. The lowest BCUT2D eigenvalue weighted by Gasteiger charge is -2.25. The molecule has 140 valence electrons. The third-order valence-electron chi connectivity index (χ3n) is 4.62. The van der Waals surface area contributed by atoms with E-state index in [1.807, 2.05) is 23.6 Å². The topological polar surface area (TPSA) is 69.9 Å². The molecule has 26 heavy (non-hydrogen) atoms. The van der Waals surface area contributed by atoms with Crippen LogP contribution in [0.3, 0.4) is 0 Å². The van der Waals surface area contributed by atoms with Crippen LogP contribution in [0.25, 0.3) is 11.3 Å².